The van der Waals surface area contributed by atoms with E-state index >= 15 is 0 Å². The lowest BCUT2D eigenvalue weighted by Crippen LogP contribution is -2.49. The maximum Gasteiger partial charge on any atom is 0.319 e. The molecule has 1 fully saturated rings. The van der Waals surface area contributed by atoms with Crippen LogP contribution in [0.3, 0.4) is 0 Å². The number of carbonyl (C=O) groups is 1. The summed E-state index contributed by atoms with van der Waals surface area (Å²) in [4.78, 5) is 12.2. The molecule has 1 aromatic carbocycles. The molecule has 0 unspecified atom stereocenters. The molecule has 0 atom stereocenters. The number of hydrogen-bond acceptors (Lipinski definition) is 3. The number of rotatable bonds is 4. The number of benzene rings is 1. The second-order valence-electron chi connectivity index (χ2n) is 6.01. The van der Waals surface area contributed by atoms with E-state index in [1.165, 1.54) is 0 Å². The average Bonchev–Trinajstić information content (AvgIpc) is 2.95. The summed E-state index contributed by atoms with van der Waals surface area (Å²) in [5, 5.41) is 6.95. The number of hydrogen-bond donors (Lipinski definition) is 2. The van der Waals surface area contributed by atoms with E-state index in [-0.39, 0.29) is 11.6 Å². The fraction of sp³-hybridized carbons (Fsp3) is 0.471. The monoisotopic (exact) mass is 317 g/mol. The summed E-state index contributed by atoms with van der Waals surface area (Å²) in [5.41, 5.74) is 1.54. The molecule has 0 aliphatic carbocycles. The van der Waals surface area contributed by atoms with Crippen molar-refractivity contribution in [1.29, 1.82) is 0 Å². The van der Waals surface area contributed by atoms with Gasteiger partial charge in [-0.15, -0.1) is 0 Å². The Morgan fingerprint density at radius 1 is 1.35 bits per heavy atom. The number of nitrogens with one attached hydrogen (secondary N) is 2. The summed E-state index contributed by atoms with van der Waals surface area (Å²) in [6.07, 6.45) is 3.58. The highest BCUT2D eigenvalue weighted by atomic mass is 16.5. The Bertz CT molecular complexity index is 689. The molecule has 6 nitrogen and oxygen atoms in total. The lowest BCUT2D eigenvalue weighted by molar-refractivity contribution is -0.0859. The van der Waals surface area contributed by atoms with Crippen LogP contribution in [0.5, 0.6) is 0 Å². The van der Waals surface area contributed by atoms with Gasteiger partial charge in [-0.1, -0.05) is 6.07 Å². The van der Waals surface area contributed by atoms with Crippen LogP contribution < -0.4 is 10.6 Å². The van der Waals surface area contributed by atoms with Gasteiger partial charge < -0.3 is 24.7 Å². The van der Waals surface area contributed by atoms with Crippen molar-refractivity contribution in [2.24, 2.45) is 7.05 Å². The van der Waals surface area contributed by atoms with Gasteiger partial charge in [0.25, 0.3) is 0 Å². The molecule has 0 bridgehead atoms. The number of methoxy groups -OCH3 is 1. The first-order valence-electron chi connectivity index (χ1n) is 7.85. The zero-order valence-electron chi connectivity index (χ0n) is 13.6. The predicted molar refractivity (Wildman–Crippen MR) is 89.7 cm³/mol. The lowest BCUT2D eigenvalue weighted by atomic mass is 9.94. The van der Waals surface area contributed by atoms with Crippen LogP contribution in [-0.2, 0) is 16.5 Å². The van der Waals surface area contributed by atoms with Crippen LogP contribution in [0.4, 0.5) is 10.5 Å². The van der Waals surface area contributed by atoms with E-state index in [4.69, 9.17) is 9.47 Å². The van der Waals surface area contributed by atoms with Gasteiger partial charge in [-0.25, -0.2) is 4.79 Å². The van der Waals surface area contributed by atoms with Crippen molar-refractivity contribution in [3.05, 3.63) is 30.5 Å². The maximum atomic E-state index is 12.2. The van der Waals surface area contributed by atoms with Gasteiger partial charge in [-0.2, -0.15) is 0 Å². The van der Waals surface area contributed by atoms with E-state index in [0.29, 0.717) is 19.8 Å². The number of amides is 2. The molecule has 2 aromatic rings. The van der Waals surface area contributed by atoms with Gasteiger partial charge in [-0.3, -0.25) is 0 Å². The van der Waals surface area contributed by atoms with E-state index in [2.05, 4.69) is 10.6 Å². The van der Waals surface area contributed by atoms with Crippen LogP contribution in [0.25, 0.3) is 10.9 Å². The van der Waals surface area contributed by atoms with Crippen molar-refractivity contribution >= 4 is 22.6 Å². The smallest absolute Gasteiger partial charge is 0.319 e. The number of urea groups is 1. The largest absolute Gasteiger partial charge is 0.381 e. The van der Waals surface area contributed by atoms with Crippen LogP contribution in [0.15, 0.2) is 30.5 Å². The van der Waals surface area contributed by atoms with Gasteiger partial charge in [0.1, 0.15) is 0 Å². The van der Waals surface area contributed by atoms with E-state index < -0.39 is 0 Å². The third-order valence-corrected chi connectivity index (χ3v) is 4.55. The predicted octanol–water partition coefficient (Wildman–Crippen LogP) is 2.50. The van der Waals surface area contributed by atoms with Gasteiger partial charge >= 0.3 is 6.03 Å². The highest BCUT2D eigenvalue weighted by molar-refractivity contribution is 5.92. The summed E-state index contributed by atoms with van der Waals surface area (Å²) in [5.74, 6) is 0. The SMILES string of the molecule is COC1(CNC(=O)Nc2ccc3ccn(C)c3c2)CCOCC1. The second kappa shape index (κ2) is 6.60. The van der Waals surface area contributed by atoms with Crippen LogP contribution in [0.1, 0.15) is 12.8 Å². The molecule has 2 amide bonds. The molecule has 124 valence electrons. The Morgan fingerprint density at radius 2 is 2.13 bits per heavy atom. The summed E-state index contributed by atoms with van der Waals surface area (Å²) < 4.78 is 13.0. The minimum Gasteiger partial charge on any atom is -0.381 e. The van der Waals surface area contributed by atoms with Gasteiger partial charge in [0, 0.05) is 64.2 Å². The molecular weight excluding hydrogens is 294 g/mol. The summed E-state index contributed by atoms with van der Waals surface area (Å²) in [7, 11) is 3.67. The van der Waals surface area contributed by atoms with Crippen LogP contribution >= 0.6 is 0 Å². The number of nitrogens with zero attached hydrogens (tertiary/aromatic N) is 1. The Morgan fingerprint density at radius 3 is 2.87 bits per heavy atom. The molecule has 6 heteroatoms. The molecule has 0 saturated carbocycles. The Labute approximate surface area is 135 Å². The Kier molecular flexibility index (Phi) is 4.54. The Hall–Kier alpha value is -2.05. The van der Waals surface area contributed by atoms with Crippen molar-refractivity contribution in [3.8, 4) is 0 Å². The highest BCUT2D eigenvalue weighted by Crippen LogP contribution is 2.24. The first-order valence-corrected chi connectivity index (χ1v) is 7.85. The lowest BCUT2D eigenvalue weighted by Gasteiger charge is -2.35. The third kappa shape index (κ3) is 3.48. The fourth-order valence-electron chi connectivity index (χ4n) is 2.95. The van der Waals surface area contributed by atoms with Crippen LogP contribution in [0.2, 0.25) is 0 Å². The normalized spacial score (nSPS) is 17.1. The molecule has 1 aliphatic rings. The molecule has 2 heterocycles. The van der Waals surface area contributed by atoms with E-state index in [1.807, 2.05) is 42.1 Å². The fourth-order valence-corrected chi connectivity index (χ4v) is 2.95. The van der Waals surface area contributed by atoms with Crippen molar-refractivity contribution in [3.63, 3.8) is 0 Å². The first kappa shape index (κ1) is 15.8. The average molecular weight is 317 g/mol. The standard InChI is InChI=1S/C17H23N3O3/c1-20-8-5-13-3-4-14(11-15(13)20)19-16(21)18-12-17(22-2)6-9-23-10-7-17/h3-5,8,11H,6-7,9-10,12H2,1-2H3,(H2,18,19,21). The molecule has 3 rings (SSSR count). The first-order chi connectivity index (χ1) is 11.1. The van der Waals surface area contributed by atoms with Crippen LogP contribution in [-0.4, -0.2) is 43.1 Å². The van der Waals surface area contributed by atoms with Gasteiger partial charge in [-0.05, 0) is 23.6 Å². The van der Waals surface area contributed by atoms with Crippen molar-refractivity contribution in [2.45, 2.75) is 18.4 Å². The number of ether oxygens (including phenoxy) is 2. The molecule has 23 heavy (non-hydrogen) atoms. The Balaban J connectivity index is 1.60. The molecule has 1 aromatic heterocycles. The minimum atomic E-state index is -0.322. The molecule has 2 N–H and O–H groups in total. The number of anilines is 1. The number of carbonyl (C=O) groups excluding carboxylic acids is 1. The minimum absolute atomic E-state index is 0.221. The molecule has 0 spiro atoms. The summed E-state index contributed by atoms with van der Waals surface area (Å²) >= 11 is 0. The van der Waals surface area contributed by atoms with Crippen molar-refractivity contribution in [2.75, 3.05) is 32.2 Å². The van der Waals surface area contributed by atoms with Crippen molar-refractivity contribution < 1.29 is 14.3 Å². The number of aryl methyl sites for hydroxylation is 1. The topological polar surface area (TPSA) is 64.5 Å². The molecule has 0 radical (unpaired) electrons. The second-order valence-corrected chi connectivity index (χ2v) is 6.01. The zero-order valence-corrected chi connectivity index (χ0v) is 13.6. The molecular formula is C17H23N3O3. The number of fused-ring (bicyclic) bond motifs is 1. The van der Waals surface area contributed by atoms with Gasteiger partial charge in [0.05, 0.1) is 5.60 Å². The quantitative estimate of drug-likeness (QED) is 0.910. The highest BCUT2D eigenvalue weighted by Gasteiger charge is 2.32. The van der Waals surface area contributed by atoms with Crippen LogP contribution in [0, 0.1) is 0 Å². The summed E-state index contributed by atoms with van der Waals surface area (Å²) in [6.45, 7) is 1.81. The van der Waals surface area contributed by atoms with Gasteiger partial charge in [0.15, 0.2) is 0 Å². The van der Waals surface area contributed by atoms with E-state index in [1.54, 1.807) is 7.11 Å². The van der Waals surface area contributed by atoms with E-state index in [0.717, 1.165) is 29.4 Å². The maximum absolute atomic E-state index is 12.2. The zero-order chi connectivity index (χ0) is 16.3. The number of aromatic nitrogens is 1. The summed E-state index contributed by atoms with van der Waals surface area (Å²) in [6, 6.07) is 7.70. The van der Waals surface area contributed by atoms with Crippen molar-refractivity contribution in [1.82, 2.24) is 9.88 Å². The molecule has 1 aliphatic heterocycles. The van der Waals surface area contributed by atoms with E-state index in [9.17, 15) is 4.79 Å². The van der Waals surface area contributed by atoms with Gasteiger partial charge in [0.2, 0.25) is 0 Å². The third-order valence-electron chi connectivity index (χ3n) is 4.55. The molecule has 1 saturated heterocycles.